The van der Waals surface area contributed by atoms with Gasteiger partial charge in [0, 0.05) is 29.4 Å². The van der Waals surface area contributed by atoms with Gasteiger partial charge in [-0.15, -0.1) is 0 Å². The van der Waals surface area contributed by atoms with E-state index in [0.29, 0.717) is 18.2 Å². The molecule has 0 aromatic carbocycles. The Morgan fingerprint density at radius 3 is 2.65 bits per heavy atom. The molecule has 2 fully saturated rings. The first-order valence-electron chi connectivity index (χ1n) is 8.00. The highest BCUT2D eigenvalue weighted by Gasteiger charge is 2.42. The van der Waals surface area contributed by atoms with Crippen molar-refractivity contribution in [1.29, 1.82) is 0 Å². The van der Waals surface area contributed by atoms with Gasteiger partial charge in [0.2, 0.25) is 5.91 Å². The van der Waals surface area contributed by atoms with Gasteiger partial charge >= 0.3 is 0 Å². The highest BCUT2D eigenvalue weighted by molar-refractivity contribution is 7.84. The monoisotopic (exact) mass is 300 g/mol. The molecule has 116 valence electrons. The van der Waals surface area contributed by atoms with Crippen LogP contribution < -0.4 is 5.32 Å². The predicted octanol–water partition coefficient (Wildman–Crippen LogP) is 1.87. The fraction of sp³-hybridized carbons (Fsp3) is 0.933. The van der Waals surface area contributed by atoms with Crippen molar-refractivity contribution in [2.45, 2.75) is 64.1 Å². The van der Waals surface area contributed by atoms with Crippen LogP contribution in [0.4, 0.5) is 0 Å². The van der Waals surface area contributed by atoms with Crippen molar-refractivity contribution in [3.63, 3.8) is 0 Å². The second-order valence-electron chi connectivity index (χ2n) is 6.16. The van der Waals surface area contributed by atoms with Crippen molar-refractivity contribution in [3.05, 3.63) is 0 Å². The van der Waals surface area contributed by atoms with Crippen LogP contribution in [-0.2, 0) is 15.6 Å². The van der Waals surface area contributed by atoms with Crippen molar-refractivity contribution in [1.82, 2.24) is 10.2 Å². The standard InChI is InChI=1S/C15H28N2O2S/c1-3-4-9-13-15(18)17(10-11-20(2)19)14(16-13)12-7-5-6-8-12/h12-14,16H,3-11H2,1-2H3. The number of hydrogen-bond donors (Lipinski definition) is 1. The largest absolute Gasteiger partial charge is 0.325 e. The Morgan fingerprint density at radius 2 is 2.05 bits per heavy atom. The summed E-state index contributed by atoms with van der Waals surface area (Å²) in [7, 11) is -0.831. The maximum absolute atomic E-state index is 12.6. The molecular formula is C15H28N2O2S. The lowest BCUT2D eigenvalue weighted by Gasteiger charge is -2.28. The van der Waals surface area contributed by atoms with E-state index in [-0.39, 0.29) is 18.1 Å². The van der Waals surface area contributed by atoms with Crippen molar-refractivity contribution >= 4 is 16.7 Å². The lowest BCUT2D eigenvalue weighted by molar-refractivity contribution is -0.130. The maximum Gasteiger partial charge on any atom is 0.241 e. The molecule has 0 radical (unpaired) electrons. The number of carbonyl (C=O) groups excluding carboxylic acids is 1. The Labute approximate surface area is 125 Å². The topological polar surface area (TPSA) is 49.4 Å². The van der Waals surface area contributed by atoms with Gasteiger partial charge in [0.05, 0.1) is 12.2 Å². The van der Waals surface area contributed by atoms with E-state index in [9.17, 15) is 9.00 Å². The summed E-state index contributed by atoms with van der Waals surface area (Å²) in [6, 6.07) is -0.00848. The first kappa shape index (κ1) is 16.0. The third kappa shape index (κ3) is 3.82. The summed E-state index contributed by atoms with van der Waals surface area (Å²) in [6.07, 6.45) is 10.1. The van der Waals surface area contributed by atoms with Crippen LogP contribution in [0, 0.1) is 5.92 Å². The lowest BCUT2D eigenvalue weighted by atomic mass is 10.0. The van der Waals surface area contributed by atoms with Crippen LogP contribution >= 0.6 is 0 Å². The minimum Gasteiger partial charge on any atom is -0.325 e. The fourth-order valence-corrected chi connectivity index (χ4v) is 3.91. The zero-order chi connectivity index (χ0) is 14.5. The summed E-state index contributed by atoms with van der Waals surface area (Å²) in [5.74, 6) is 1.42. The number of unbranched alkanes of at least 4 members (excludes halogenated alkanes) is 1. The Hall–Kier alpha value is -0.420. The average molecular weight is 300 g/mol. The van der Waals surface area contributed by atoms with Crippen LogP contribution in [0.3, 0.4) is 0 Å². The minimum absolute atomic E-state index is 0.00848. The highest BCUT2D eigenvalue weighted by Crippen LogP contribution is 2.32. The third-order valence-corrected chi connectivity index (χ3v) is 5.36. The van der Waals surface area contributed by atoms with E-state index in [1.54, 1.807) is 6.26 Å². The van der Waals surface area contributed by atoms with Crippen molar-refractivity contribution in [2.24, 2.45) is 5.92 Å². The van der Waals surface area contributed by atoms with Crippen LogP contribution in [-0.4, -0.2) is 45.8 Å². The molecule has 1 heterocycles. The molecule has 1 aliphatic heterocycles. The lowest BCUT2D eigenvalue weighted by Crippen LogP contribution is -2.44. The van der Waals surface area contributed by atoms with Crippen LogP contribution in [0.15, 0.2) is 0 Å². The first-order valence-corrected chi connectivity index (χ1v) is 9.72. The summed E-state index contributed by atoms with van der Waals surface area (Å²) in [6.45, 7) is 2.80. The summed E-state index contributed by atoms with van der Waals surface area (Å²) in [5, 5.41) is 3.57. The number of carbonyl (C=O) groups is 1. The van der Waals surface area contributed by atoms with E-state index in [1.165, 1.54) is 25.7 Å². The summed E-state index contributed by atoms with van der Waals surface area (Å²) in [4.78, 5) is 14.5. The number of nitrogens with zero attached hydrogens (tertiary/aromatic N) is 1. The third-order valence-electron chi connectivity index (χ3n) is 4.60. The van der Waals surface area contributed by atoms with Crippen molar-refractivity contribution in [3.8, 4) is 0 Å². The van der Waals surface area contributed by atoms with E-state index >= 15 is 0 Å². The van der Waals surface area contributed by atoms with Crippen molar-refractivity contribution < 1.29 is 9.00 Å². The summed E-state index contributed by atoms with van der Waals surface area (Å²) >= 11 is 0. The number of nitrogens with one attached hydrogen (secondary N) is 1. The second-order valence-corrected chi connectivity index (χ2v) is 7.71. The molecule has 20 heavy (non-hydrogen) atoms. The van der Waals surface area contributed by atoms with Crippen LogP contribution in [0.2, 0.25) is 0 Å². The molecule has 1 aliphatic carbocycles. The van der Waals surface area contributed by atoms with Gasteiger partial charge in [-0.25, -0.2) is 0 Å². The normalized spacial score (nSPS) is 29.3. The zero-order valence-corrected chi connectivity index (χ0v) is 13.6. The second kappa shape index (κ2) is 7.55. The number of rotatable bonds is 7. The van der Waals surface area contributed by atoms with Gasteiger partial charge in [-0.1, -0.05) is 32.6 Å². The molecule has 0 aromatic rings. The molecule has 4 nitrogen and oxygen atoms in total. The van der Waals surface area contributed by atoms with Gasteiger partial charge in [-0.2, -0.15) is 0 Å². The highest BCUT2D eigenvalue weighted by atomic mass is 32.2. The van der Waals surface area contributed by atoms with Crippen molar-refractivity contribution in [2.75, 3.05) is 18.6 Å². The molecule has 2 aliphatic rings. The van der Waals surface area contributed by atoms with E-state index in [0.717, 1.165) is 19.3 Å². The van der Waals surface area contributed by atoms with Crippen LogP contribution in [0.5, 0.6) is 0 Å². The molecule has 1 saturated carbocycles. The van der Waals surface area contributed by atoms with Gasteiger partial charge in [-0.05, 0) is 25.2 Å². The molecule has 2 rings (SSSR count). The molecule has 1 saturated heterocycles. The average Bonchev–Trinajstić information content (AvgIpc) is 3.02. The minimum atomic E-state index is -0.831. The van der Waals surface area contributed by atoms with Gasteiger partial charge in [0.15, 0.2) is 0 Å². The molecular weight excluding hydrogens is 272 g/mol. The Balaban J connectivity index is 2.01. The predicted molar refractivity (Wildman–Crippen MR) is 82.8 cm³/mol. The fourth-order valence-electron chi connectivity index (χ4n) is 3.46. The van der Waals surface area contributed by atoms with E-state index in [1.807, 2.05) is 4.90 Å². The quantitative estimate of drug-likeness (QED) is 0.781. The molecule has 0 aromatic heterocycles. The van der Waals surface area contributed by atoms with Gasteiger partial charge in [0.25, 0.3) is 0 Å². The van der Waals surface area contributed by atoms with Crippen LogP contribution in [0.25, 0.3) is 0 Å². The molecule has 3 unspecified atom stereocenters. The van der Waals surface area contributed by atoms with Gasteiger partial charge in [-0.3, -0.25) is 14.3 Å². The van der Waals surface area contributed by atoms with E-state index < -0.39 is 10.8 Å². The number of hydrogen-bond acceptors (Lipinski definition) is 3. The maximum atomic E-state index is 12.6. The summed E-state index contributed by atoms with van der Waals surface area (Å²) < 4.78 is 11.3. The Morgan fingerprint density at radius 1 is 1.35 bits per heavy atom. The molecule has 1 amide bonds. The molecule has 3 atom stereocenters. The zero-order valence-electron chi connectivity index (χ0n) is 12.8. The van der Waals surface area contributed by atoms with E-state index in [4.69, 9.17) is 0 Å². The van der Waals surface area contributed by atoms with Gasteiger partial charge < -0.3 is 4.90 Å². The smallest absolute Gasteiger partial charge is 0.241 e. The van der Waals surface area contributed by atoms with E-state index in [2.05, 4.69) is 12.2 Å². The molecule has 0 bridgehead atoms. The molecule has 5 heteroatoms. The molecule has 1 N–H and O–H groups in total. The van der Waals surface area contributed by atoms with Crippen LogP contribution in [0.1, 0.15) is 51.9 Å². The summed E-state index contributed by atoms with van der Waals surface area (Å²) in [5.41, 5.74) is 0. The Kier molecular flexibility index (Phi) is 6.02. The SMILES string of the molecule is CCCCC1NC(C2CCCC2)N(CCS(C)=O)C1=O. The first-order chi connectivity index (χ1) is 9.63. The number of amides is 1. The Bertz CT molecular complexity index is 356. The molecule has 0 spiro atoms. The van der Waals surface area contributed by atoms with Gasteiger partial charge in [0.1, 0.15) is 0 Å².